The van der Waals surface area contributed by atoms with Gasteiger partial charge in [-0.3, -0.25) is 9.79 Å². The van der Waals surface area contributed by atoms with Crippen molar-refractivity contribution in [2.45, 2.75) is 29.5 Å². The molecule has 1 fully saturated rings. The average molecular weight is 456 g/mol. The van der Waals surface area contributed by atoms with Gasteiger partial charge in [-0.1, -0.05) is 29.8 Å². The van der Waals surface area contributed by atoms with E-state index in [0.717, 1.165) is 12.1 Å². The van der Waals surface area contributed by atoms with E-state index >= 15 is 0 Å². The van der Waals surface area contributed by atoms with Gasteiger partial charge in [-0.25, -0.2) is 0 Å². The fourth-order valence-electron chi connectivity index (χ4n) is 3.58. The van der Waals surface area contributed by atoms with Crippen molar-refractivity contribution in [2.75, 3.05) is 13.1 Å². The van der Waals surface area contributed by atoms with Gasteiger partial charge in [-0.15, -0.1) is 4.31 Å². The van der Waals surface area contributed by atoms with Crippen molar-refractivity contribution in [3.63, 3.8) is 0 Å². The van der Waals surface area contributed by atoms with Crippen LogP contribution >= 0.6 is 11.6 Å². The standard InChI is InChI=1S/C20H17ClF3N3O2S/c21-15-5-2-6-16(12-15)30(29)27-9-7-19(8-10-27)18(28)25-17(26-19)13-3-1-4-14(11-13)20(22,23)24/h1-6,11-12H,7-10H2,(H,25,26,28). The minimum atomic E-state index is -4.48. The first-order valence-electron chi connectivity index (χ1n) is 9.19. The van der Waals surface area contributed by atoms with Crippen molar-refractivity contribution in [3.8, 4) is 0 Å². The number of hydrogen-bond donors (Lipinski definition) is 1. The number of halogens is 4. The molecule has 1 unspecified atom stereocenters. The van der Waals surface area contributed by atoms with Crippen LogP contribution < -0.4 is 5.32 Å². The highest BCUT2D eigenvalue weighted by molar-refractivity contribution is 7.89. The number of rotatable bonds is 3. The van der Waals surface area contributed by atoms with E-state index in [1.165, 1.54) is 12.1 Å². The van der Waals surface area contributed by atoms with E-state index in [4.69, 9.17) is 11.6 Å². The highest BCUT2D eigenvalue weighted by atomic mass is 35.5. The number of carbonyl (C=O) groups is 1. The van der Waals surface area contributed by atoms with Crippen LogP contribution in [-0.4, -0.2) is 39.2 Å². The molecule has 2 aromatic carbocycles. The summed E-state index contributed by atoms with van der Waals surface area (Å²) in [5, 5.41) is 3.11. The molecule has 2 aliphatic heterocycles. The van der Waals surface area contributed by atoms with Gasteiger partial charge in [0.05, 0.1) is 16.9 Å². The molecule has 2 aromatic rings. The first kappa shape index (κ1) is 21.2. The lowest BCUT2D eigenvalue weighted by Gasteiger charge is -2.34. The van der Waals surface area contributed by atoms with Gasteiger partial charge in [0.15, 0.2) is 4.90 Å². The second-order valence-electron chi connectivity index (χ2n) is 7.16. The Labute approximate surface area is 179 Å². The normalized spacial score (nSPS) is 20.2. The van der Waals surface area contributed by atoms with Crippen molar-refractivity contribution in [3.05, 3.63) is 64.7 Å². The molecule has 2 aliphatic rings. The fraction of sp³-hybridized carbons (Fsp3) is 0.300. The number of nitrogens with zero attached hydrogens (tertiary/aromatic N) is 2. The predicted molar refractivity (Wildman–Crippen MR) is 108 cm³/mol. The van der Waals surface area contributed by atoms with Crippen LogP contribution in [0.1, 0.15) is 24.0 Å². The van der Waals surface area contributed by atoms with Crippen LogP contribution in [0.25, 0.3) is 0 Å². The molecule has 30 heavy (non-hydrogen) atoms. The van der Waals surface area contributed by atoms with E-state index in [9.17, 15) is 22.5 Å². The summed E-state index contributed by atoms with van der Waals surface area (Å²) in [5.74, 6) is -0.210. The second-order valence-corrected chi connectivity index (χ2v) is 9.08. The molecule has 1 spiro atoms. The van der Waals surface area contributed by atoms with Crippen LogP contribution in [-0.2, 0) is 22.3 Å². The Morgan fingerprint density at radius 2 is 1.83 bits per heavy atom. The summed E-state index contributed by atoms with van der Waals surface area (Å²) < 4.78 is 53.5. The molecule has 0 aromatic heterocycles. The largest absolute Gasteiger partial charge is 0.593 e. The van der Waals surface area contributed by atoms with Gasteiger partial charge in [-0.05, 0) is 37.1 Å². The van der Waals surface area contributed by atoms with Gasteiger partial charge in [0.25, 0.3) is 5.91 Å². The first-order chi connectivity index (χ1) is 14.2. The van der Waals surface area contributed by atoms with E-state index in [1.54, 1.807) is 28.6 Å². The molecule has 1 N–H and O–H groups in total. The number of aliphatic imine (C=N–C) groups is 1. The molecule has 0 radical (unpaired) electrons. The summed E-state index contributed by atoms with van der Waals surface area (Å²) in [7, 11) is 0. The van der Waals surface area contributed by atoms with Gasteiger partial charge < -0.3 is 9.87 Å². The fourth-order valence-corrected chi connectivity index (χ4v) is 5.07. The number of amidine groups is 1. The van der Waals surface area contributed by atoms with Crippen molar-refractivity contribution < 1.29 is 22.5 Å². The third kappa shape index (κ3) is 4.07. The zero-order valence-electron chi connectivity index (χ0n) is 15.6. The Morgan fingerprint density at radius 1 is 1.13 bits per heavy atom. The zero-order valence-corrected chi connectivity index (χ0v) is 17.2. The number of nitrogens with one attached hydrogen (secondary N) is 1. The van der Waals surface area contributed by atoms with Gasteiger partial charge in [-0.2, -0.15) is 13.2 Å². The average Bonchev–Trinajstić information content (AvgIpc) is 3.03. The molecule has 0 saturated carbocycles. The lowest BCUT2D eigenvalue weighted by Crippen LogP contribution is -2.50. The van der Waals surface area contributed by atoms with E-state index in [1.807, 2.05) is 0 Å². The summed E-state index contributed by atoms with van der Waals surface area (Å²) in [6, 6.07) is 11.5. The highest BCUT2D eigenvalue weighted by Crippen LogP contribution is 2.34. The van der Waals surface area contributed by atoms with Crippen LogP contribution in [0, 0.1) is 0 Å². The maximum absolute atomic E-state index is 13.0. The summed E-state index contributed by atoms with van der Waals surface area (Å²) in [6.45, 7) is 0.706. The second kappa shape index (κ2) is 7.88. The number of amides is 1. The lowest BCUT2D eigenvalue weighted by molar-refractivity contribution is -0.137. The number of piperidine rings is 1. The van der Waals surface area contributed by atoms with E-state index in [0.29, 0.717) is 35.8 Å². The molecule has 158 valence electrons. The molecule has 1 amide bonds. The summed E-state index contributed by atoms with van der Waals surface area (Å²) in [4.78, 5) is 17.7. The molecule has 1 saturated heterocycles. The van der Waals surface area contributed by atoms with E-state index in [-0.39, 0.29) is 17.3 Å². The lowest BCUT2D eigenvalue weighted by atomic mass is 9.89. The molecular weight excluding hydrogens is 439 g/mol. The third-order valence-corrected chi connectivity index (χ3v) is 6.95. The molecular formula is C20H17ClF3N3O2S. The Bertz CT molecular complexity index is 1010. The number of alkyl halides is 3. The monoisotopic (exact) mass is 455 g/mol. The molecule has 1 atom stereocenters. The van der Waals surface area contributed by atoms with E-state index < -0.39 is 28.6 Å². The number of carbonyl (C=O) groups excluding carboxylic acids is 1. The maximum Gasteiger partial charge on any atom is 0.416 e. The predicted octanol–water partition coefficient (Wildman–Crippen LogP) is 3.79. The van der Waals surface area contributed by atoms with Gasteiger partial charge >= 0.3 is 6.18 Å². The first-order valence-corrected chi connectivity index (χ1v) is 10.7. The van der Waals surface area contributed by atoms with Crippen LogP contribution in [0.2, 0.25) is 5.02 Å². The van der Waals surface area contributed by atoms with Crippen LogP contribution in [0.5, 0.6) is 0 Å². The Kier molecular flexibility index (Phi) is 5.56. The SMILES string of the molecule is O=C1NC(c2cccc(C(F)(F)F)c2)=NC12CCN([S+]([O-])c1cccc(Cl)c1)CC2. The molecule has 2 heterocycles. The topological polar surface area (TPSA) is 67.8 Å². The van der Waals surface area contributed by atoms with Crippen molar-refractivity contribution in [1.29, 1.82) is 0 Å². The van der Waals surface area contributed by atoms with Crippen LogP contribution in [0.4, 0.5) is 13.2 Å². The van der Waals surface area contributed by atoms with Crippen molar-refractivity contribution >= 4 is 34.7 Å². The Morgan fingerprint density at radius 3 is 2.50 bits per heavy atom. The van der Waals surface area contributed by atoms with Crippen LogP contribution in [0.3, 0.4) is 0 Å². The summed E-state index contributed by atoms with van der Waals surface area (Å²) in [5.41, 5.74) is -1.65. The van der Waals surface area contributed by atoms with Gasteiger partial charge in [0.2, 0.25) is 0 Å². The quantitative estimate of drug-likeness (QED) is 0.716. The Hall–Kier alpha value is -2.07. The molecule has 0 aliphatic carbocycles. The summed E-state index contributed by atoms with van der Waals surface area (Å²) in [6.07, 6.45) is -3.85. The molecule has 4 rings (SSSR count). The van der Waals surface area contributed by atoms with Crippen molar-refractivity contribution in [2.24, 2.45) is 4.99 Å². The highest BCUT2D eigenvalue weighted by Gasteiger charge is 2.48. The van der Waals surface area contributed by atoms with E-state index in [2.05, 4.69) is 10.3 Å². The minimum absolute atomic E-state index is 0.135. The third-order valence-electron chi connectivity index (χ3n) is 5.23. The smallest absolute Gasteiger partial charge is 0.416 e. The number of hydrogen-bond acceptors (Lipinski definition) is 4. The van der Waals surface area contributed by atoms with Gasteiger partial charge in [0.1, 0.15) is 11.4 Å². The van der Waals surface area contributed by atoms with Crippen molar-refractivity contribution in [1.82, 2.24) is 9.62 Å². The molecule has 0 bridgehead atoms. The zero-order chi connectivity index (χ0) is 21.5. The summed E-state index contributed by atoms with van der Waals surface area (Å²) >= 11 is 4.54. The maximum atomic E-state index is 13.0. The van der Waals surface area contributed by atoms with Gasteiger partial charge in [0, 0.05) is 29.7 Å². The number of benzene rings is 2. The van der Waals surface area contributed by atoms with Crippen LogP contribution in [0.15, 0.2) is 58.4 Å². The molecule has 5 nitrogen and oxygen atoms in total. The minimum Gasteiger partial charge on any atom is -0.593 e. The molecule has 10 heteroatoms. The Balaban J connectivity index is 1.51.